The van der Waals surface area contributed by atoms with Crippen molar-refractivity contribution in [3.63, 3.8) is 0 Å². The van der Waals surface area contributed by atoms with Crippen molar-refractivity contribution in [3.8, 4) is 11.5 Å². The van der Waals surface area contributed by atoms with E-state index in [4.69, 9.17) is 9.47 Å². The Hall–Kier alpha value is -1.22. The summed E-state index contributed by atoms with van der Waals surface area (Å²) in [5.74, 6) is 2.03. The Kier molecular flexibility index (Phi) is 13.8. The topological polar surface area (TPSA) is 18.5 Å². The first-order valence-electron chi connectivity index (χ1n) is 12.7. The quantitative estimate of drug-likeness (QED) is 0.153. The van der Waals surface area contributed by atoms with Crippen molar-refractivity contribution in [2.24, 2.45) is 0 Å². The Balaban J connectivity index is 1.80. The predicted octanol–water partition coefficient (Wildman–Crippen LogP) is 9.26. The number of halogens is 1. The maximum Gasteiger partial charge on any atom is 0.123 e. The van der Waals surface area contributed by atoms with E-state index in [2.05, 4.69) is 60.1 Å². The van der Waals surface area contributed by atoms with Gasteiger partial charge < -0.3 is 9.47 Å². The van der Waals surface area contributed by atoms with E-state index in [9.17, 15) is 0 Å². The molecule has 174 valence electrons. The van der Waals surface area contributed by atoms with E-state index < -0.39 is 0 Å². The number of hydrogen-bond acceptors (Lipinski definition) is 2. The minimum atomic E-state index is 0.815. The van der Waals surface area contributed by atoms with Crippen LogP contribution in [0.1, 0.15) is 96.5 Å². The second kappa shape index (κ2) is 16.4. The number of benzene rings is 2. The molecule has 0 heterocycles. The van der Waals surface area contributed by atoms with Crippen molar-refractivity contribution in [2.75, 3.05) is 18.5 Å². The molecule has 0 saturated carbocycles. The van der Waals surface area contributed by atoms with Crippen LogP contribution in [0.15, 0.2) is 30.3 Å². The van der Waals surface area contributed by atoms with Crippen LogP contribution in [0.25, 0.3) is 10.8 Å². The number of rotatable bonds is 18. The predicted molar refractivity (Wildman–Crippen MR) is 139 cm³/mol. The zero-order valence-electron chi connectivity index (χ0n) is 19.9. The highest BCUT2D eigenvalue weighted by Crippen LogP contribution is 2.31. The summed E-state index contributed by atoms with van der Waals surface area (Å²) in [4.78, 5) is 0. The minimum absolute atomic E-state index is 0.815. The molecule has 0 aliphatic heterocycles. The highest BCUT2D eigenvalue weighted by atomic mass is 79.9. The molecule has 0 aliphatic carbocycles. The van der Waals surface area contributed by atoms with Gasteiger partial charge in [-0.2, -0.15) is 0 Å². The van der Waals surface area contributed by atoms with Crippen molar-refractivity contribution < 1.29 is 9.47 Å². The lowest BCUT2D eigenvalue weighted by Crippen LogP contribution is -2.01. The fourth-order valence-corrected chi connectivity index (χ4v) is 4.50. The summed E-state index contributed by atoms with van der Waals surface area (Å²) in [6.07, 6.45) is 16.4. The van der Waals surface area contributed by atoms with Crippen molar-refractivity contribution in [3.05, 3.63) is 35.9 Å². The molecule has 0 spiro atoms. The summed E-state index contributed by atoms with van der Waals surface area (Å²) in [7, 11) is 0. The molecular formula is C28H43BrO2. The Morgan fingerprint density at radius 1 is 0.677 bits per heavy atom. The molecular weight excluding hydrogens is 448 g/mol. The maximum absolute atomic E-state index is 6.18. The number of aryl methyl sites for hydroxylation is 1. The zero-order valence-corrected chi connectivity index (χ0v) is 21.5. The largest absolute Gasteiger partial charge is 0.494 e. The Morgan fingerprint density at radius 3 is 2.00 bits per heavy atom. The third-order valence-corrected chi connectivity index (χ3v) is 6.53. The first-order valence-corrected chi connectivity index (χ1v) is 13.8. The normalized spacial score (nSPS) is 11.2. The zero-order chi connectivity index (χ0) is 22.2. The molecule has 0 amide bonds. The average molecular weight is 492 g/mol. The van der Waals surface area contributed by atoms with Gasteiger partial charge in [0, 0.05) is 10.9 Å². The number of alkyl halides is 1. The number of unbranched alkanes of at least 4 members (excludes halogenated alkanes) is 10. The van der Waals surface area contributed by atoms with Crippen LogP contribution in [-0.4, -0.2) is 18.5 Å². The fraction of sp³-hybridized carbons (Fsp3) is 0.643. The molecule has 0 radical (unpaired) electrons. The van der Waals surface area contributed by atoms with E-state index in [-0.39, 0.29) is 0 Å². The molecule has 0 saturated heterocycles. The monoisotopic (exact) mass is 490 g/mol. The lowest BCUT2D eigenvalue weighted by atomic mass is 10.0. The highest BCUT2D eigenvalue weighted by Gasteiger charge is 2.09. The van der Waals surface area contributed by atoms with Crippen molar-refractivity contribution in [1.82, 2.24) is 0 Å². The Labute approximate surface area is 199 Å². The second-order valence-electron chi connectivity index (χ2n) is 8.55. The highest BCUT2D eigenvalue weighted by molar-refractivity contribution is 9.09. The molecule has 0 aliphatic rings. The van der Waals surface area contributed by atoms with Gasteiger partial charge in [0.15, 0.2) is 0 Å². The van der Waals surface area contributed by atoms with Crippen LogP contribution in [0.4, 0.5) is 0 Å². The summed E-state index contributed by atoms with van der Waals surface area (Å²) >= 11 is 3.50. The van der Waals surface area contributed by atoms with E-state index in [1.54, 1.807) is 0 Å². The van der Waals surface area contributed by atoms with E-state index in [1.807, 2.05) is 0 Å². The third-order valence-electron chi connectivity index (χ3n) is 5.97. The Morgan fingerprint density at radius 2 is 1.32 bits per heavy atom. The smallest absolute Gasteiger partial charge is 0.123 e. The lowest BCUT2D eigenvalue weighted by Gasteiger charge is -2.14. The average Bonchev–Trinajstić information content (AvgIpc) is 2.79. The van der Waals surface area contributed by atoms with E-state index in [0.717, 1.165) is 49.3 Å². The van der Waals surface area contributed by atoms with Crippen molar-refractivity contribution in [1.29, 1.82) is 0 Å². The van der Waals surface area contributed by atoms with Gasteiger partial charge in [-0.1, -0.05) is 99.7 Å². The number of ether oxygens (including phenoxy) is 2. The number of fused-ring (bicyclic) bond motifs is 1. The molecule has 31 heavy (non-hydrogen) atoms. The van der Waals surface area contributed by atoms with Crippen molar-refractivity contribution >= 4 is 26.7 Å². The van der Waals surface area contributed by atoms with Crippen LogP contribution in [-0.2, 0) is 6.42 Å². The number of hydrogen-bond donors (Lipinski definition) is 0. The summed E-state index contributed by atoms with van der Waals surface area (Å²) in [5, 5.41) is 3.67. The summed E-state index contributed by atoms with van der Waals surface area (Å²) in [5.41, 5.74) is 1.32. The fourth-order valence-electron chi connectivity index (χ4n) is 4.10. The molecule has 2 aromatic rings. The van der Waals surface area contributed by atoms with Gasteiger partial charge >= 0.3 is 0 Å². The summed E-state index contributed by atoms with van der Waals surface area (Å²) in [6.45, 7) is 6.11. The van der Waals surface area contributed by atoms with E-state index >= 15 is 0 Å². The van der Waals surface area contributed by atoms with Gasteiger partial charge in [0.2, 0.25) is 0 Å². The first-order chi connectivity index (χ1) is 15.3. The molecule has 0 bridgehead atoms. The van der Waals surface area contributed by atoms with Crippen molar-refractivity contribution in [2.45, 2.75) is 97.3 Å². The second-order valence-corrected chi connectivity index (χ2v) is 9.35. The Bertz CT molecular complexity index is 728. The standard InChI is InChI=1S/C28H43BrO2/c1-3-5-6-7-11-14-21-30-25-17-18-27-24(23-25)16-19-28(26(27)4-2)31-22-15-12-9-8-10-13-20-29/h16-19,23H,3-15,20-22H2,1-2H3. The molecule has 0 atom stereocenters. The molecule has 2 rings (SSSR count). The van der Waals surface area contributed by atoms with E-state index in [0.29, 0.717) is 0 Å². The molecule has 2 nitrogen and oxygen atoms in total. The lowest BCUT2D eigenvalue weighted by molar-refractivity contribution is 0.302. The van der Waals surface area contributed by atoms with Crippen LogP contribution >= 0.6 is 15.9 Å². The molecule has 0 aromatic heterocycles. The van der Waals surface area contributed by atoms with Gasteiger partial charge in [-0.15, -0.1) is 0 Å². The van der Waals surface area contributed by atoms with E-state index in [1.165, 1.54) is 80.5 Å². The van der Waals surface area contributed by atoms with Crippen LogP contribution < -0.4 is 9.47 Å². The first kappa shape index (κ1) is 26.0. The van der Waals surface area contributed by atoms with Crippen LogP contribution in [0.3, 0.4) is 0 Å². The van der Waals surface area contributed by atoms with Crippen LogP contribution in [0.2, 0.25) is 0 Å². The molecule has 0 fully saturated rings. The van der Waals surface area contributed by atoms with Gasteiger partial charge in [0.1, 0.15) is 11.5 Å². The summed E-state index contributed by atoms with van der Waals surface area (Å²) < 4.78 is 12.2. The van der Waals surface area contributed by atoms with Crippen LogP contribution in [0.5, 0.6) is 11.5 Å². The van der Waals surface area contributed by atoms with Gasteiger partial charge in [0.25, 0.3) is 0 Å². The molecule has 0 unspecified atom stereocenters. The SMILES string of the molecule is CCCCCCCCOc1ccc2c(CC)c(OCCCCCCCCBr)ccc2c1. The van der Waals surface area contributed by atoms with Gasteiger partial charge in [0.05, 0.1) is 13.2 Å². The van der Waals surface area contributed by atoms with Crippen LogP contribution in [0, 0.1) is 0 Å². The molecule has 0 N–H and O–H groups in total. The maximum atomic E-state index is 6.18. The van der Waals surface area contributed by atoms with Gasteiger partial charge in [-0.05, 0) is 54.7 Å². The van der Waals surface area contributed by atoms with Gasteiger partial charge in [-0.25, -0.2) is 0 Å². The molecule has 3 heteroatoms. The summed E-state index contributed by atoms with van der Waals surface area (Å²) in [6, 6.07) is 10.8. The minimum Gasteiger partial charge on any atom is -0.494 e. The third kappa shape index (κ3) is 9.85. The van der Waals surface area contributed by atoms with Gasteiger partial charge in [-0.3, -0.25) is 0 Å². The molecule has 2 aromatic carbocycles.